The smallest absolute Gasteiger partial charge is 0.251 e. The van der Waals surface area contributed by atoms with Crippen LogP contribution in [0.15, 0.2) is 54.6 Å². The largest absolute Gasteiger partial charge is 0.392 e. The number of likely N-dealkylation sites (N-methyl/N-ethyl adjacent to an activating group) is 1. The van der Waals surface area contributed by atoms with Gasteiger partial charge in [-0.1, -0.05) is 30.3 Å². The maximum Gasteiger partial charge on any atom is 0.251 e. The summed E-state index contributed by atoms with van der Waals surface area (Å²) in [6.45, 7) is 2.53. The standard InChI is InChI=1S/C23H29N3O2/c1-25(20-11-7-18(8-12-20)23(28)24-19-9-10-19)22(17-5-3-2-4-6-17)16-26-14-13-21(27)15-26/h2-8,11-12,19,21-22,27H,9-10,13-16H2,1H3,(H,24,28)/t21-,22+/m0/s1. The second kappa shape index (κ2) is 8.33. The molecule has 28 heavy (non-hydrogen) atoms. The molecule has 2 N–H and O–H groups in total. The number of likely N-dealkylation sites (tertiary alicyclic amines) is 1. The van der Waals surface area contributed by atoms with Crippen LogP contribution in [0, 0.1) is 0 Å². The van der Waals surface area contributed by atoms with Crippen LogP contribution >= 0.6 is 0 Å². The fourth-order valence-electron chi connectivity index (χ4n) is 3.87. The number of amides is 1. The Morgan fingerprint density at radius 3 is 2.46 bits per heavy atom. The van der Waals surface area contributed by atoms with Crippen LogP contribution in [0.5, 0.6) is 0 Å². The third-order valence-electron chi connectivity index (χ3n) is 5.78. The summed E-state index contributed by atoms with van der Waals surface area (Å²) in [4.78, 5) is 16.8. The zero-order valence-corrected chi connectivity index (χ0v) is 16.4. The molecule has 2 atom stereocenters. The van der Waals surface area contributed by atoms with E-state index in [-0.39, 0.29) is 18.1 Å². The lowest BCUT2D eigenvalue weighted by atomic mass is 10.0. The van der Waals surface area contributed by atoms with Gasteiger partial charge in [-0.15, -0.1) is 0 Å². The number of carbonyl (C=O) groups excluding carboxylic acids is 1. The minimum Gasteiger partial charge on any atom is -0.392 e. The number of carbonyl (C=O) groups is 1. The van der Waals surface area contributed by atoms with E-state index in [1.54, 1.807) is 0 Å². The van der Waals surface area contributed by atoms with Crippen molar-refractivity contribution in [2.24, 2.45) is 0 Å². The summed E-state index contributed by atoms with van der Waals surface area (Å²) >= 11 is 0. The Kier molecular flexibility index (Phi) is 5.64. The average Bonchev–Trinajstić information content (AvgIpc) is 3.45. The molecule has 5 nitrogen and oxygen atoms in total. The third-order valence-corrected chi connectivity index (χ3v) is 5.78. The van der Waals surface area contributed by atoms with E-state index in [9.17, 15) is 9.90 Å². The van der Waals surface area contributed by atoms with E-state index in [1.807, 2.05) is 30.3 Å². The molecule has 1 saturated carbocycles. The van der Waals surface area contributed by atoms with Crippen LogP contribution in [0.4, 0.5) is 5.69 Å². The van der Waals surface area contributed by atoms with Crippen LogP contribution in [0.3, 0.4) is 0 Å². The molecule has 1 heterocycles. The molecule has 4 rings (SSSR count). The predicted molar refractivity (Wildman–Crippen MR) is 112 cm³/mol. The Hall–Kier alpha value is -2.37. The maximum absolute atomic E-state index is 12.2. The Bertz CT molecular complexity index is 789. The van der Waals surface area contributed by atoms with Crippen LogP contribution in [-0.2, 0) is 0 Å². The highest BCUT2D eigenvalue weighted by Crippen LogP contribution is 2.28. The number of benzene rings is 2. The van der Waals surface area contributed by atoms with Crippen molar-refractivity contribution in [2.45, 2.75) is 37.5 Å². The van der Waals surface area contributed by atoms with Crippen LogP contribution < -0.4 is 10.2 Å². The molecule has 0 bridgehead atoms. The van der Waals surface area contributed by atoms with E-state index in [0.29, 0.717) is 11.6 Å². The number of hydrogen-bond donors (Lipinski definition) is 2. The molecule has 1 aliphatic heterocycles. The molecular weight excluding hydrogens is 350 g/mol. The van der Waals surface area contributed by atoms with Crippen LogP contribution in [-0.4, -0.2) is 54.7 Å². The summed E-state index contributed by atoms with van der Waals surface area (Å²) in [7, 11) is 2.10. The number of nitrogens with zero attached hydrogens (tertiary/aromatic N) is 2. The average molecular weight is 380 g/mol. The number of β-amino-alcohol motifs (C(OH)–C–C–N with tert-alkyl or cyclic N) is 1. The summed E-state index contributed by atoms with van der Waals surface area (Å²) in [5, 5.41) is 12.9. The SMILES string of the molecule is CN(c1ccc(C(=O)NC2CC2)cc1)[C@H](CN1CC[C@H](O)C1)c1ccccc1. The molecular formula is C23H29N3O2. The van der Waals surface area contributed by atoms with Crippen molar-refractivity contribution in [3.8, 4) is 0 Å². The molecule has 2 aromatic rings. The van der Waals surface area contributed by atoms with E-state index in [1.165, 1.54) is 5.56 Å². The van der Waals surface area contributed by atoms with Crippen molar-refractivity contribution in [2.75, 3.05) is 31.6 Å². The molecule has 5 heteroatoms. The van der Waals surface area contributed by atoms with Gasteiger partial charge in [0.2, 0.25) is 0 Å². The minimum absolute atomic E-state index is 0.0161. The van der Waals surface area contributed by atoms with Crippen molar-refractivity contribution >= 4 is 11.6 Å². The van der Waals surface area contributed by atoms with E-state index in [0.717, 1.165) is 44.6 Å². The van der Waals surface area contributed by atoms with Crippen LogP contribution in [0.2, 0.25) is 0 Å². The zero-order valence-electron chi connectivity index (χ0n) is 16.4. The molecule has 1 saturated heterocycles. The highest BCUT2D eigenvalue weighted by Gasteiger charge is 2.27. The number of rotatable bonds is 7. The van der Waals surface area contributed by atoms with Gasteiger partial charge in [-0.3, -0.25) is 9.69 Å². The Labute approximate surface area is 167 Å². The zero-order chi connectivity index (χ0) is 19.5. The van der Waals surface area contributed by atoms with Gasteiger partial charge in [0.05, 0.1) is 12.1 Å². The van der Waals surface area contributed by atoms with Gasteiger partial charge in [-0.05, 0) is 49.1 Å². The summed E-state index contributed by atoms with van der Waals surface area (Å²) in [5.74, 6) is 0.0161. The van der Waals surface area contributed by atoms with Gasteiger partial charge in [0.25, 0.3) is 5.91 Å². The van der Waals surface area contributed by atoms with Crippen molar-refractivity contribution in [3.63, 3.8) is 0 Å². The van der Waals surface area contributed by atoms with Gasteiger partial charge < -0.3 is 15.3 Å². The van der Waals surface area contributed by atoms with Crippen molar-refractivity contribution in [1.29, 1.82) is 0 Å². The highest BCUT2D eigenvalue weighted by atomic mass is 16.3. The normalized spacial score (nSPS) is 20.7. The molecule has 0 spiro atoms. The second-order valence-electron chi connectivity index (χ2n) is 8.03. The summed E-state index contributed by atoms with van der Waals surface area (Å²) in [5.41, 5.74) is 3.04. The molecule has 0 radical (unpaired) electrons. The molecule has 2 aromatic carbocycles. The number of anilines is 1. The van der Waals surface area contributed by atoms with Crippen molar-refractivity contribution < 1.29 is 9.90 Å². The monoisotopic (exact) mass is 379 g/mol. The predicted octanol–water partition coefficient (Wildman–Crippen LogP) is 2.82. The van der Waals surface area contributed by atoms with Gasteiger partial charge in [0.1, 0.15) is 0 Å². The first-order chi connectivity index (χ1) is 13.6. The summed E-state index contributed by atoms with van der Waals surface area (Å²) in [6, 6.07) is 18.9. The van der Waals surface area contributed by atoms with Gasteiger partial charge in [0.15, 0.2) is 0 Å². The van der Waals surface area contributed by atoms with E-state index in [4.69, 9.17) is 0 Å². The van der Waals surface area contributed by atoms with Crippen molar-refractivity contribution in [3.05, 3.63) is 65.7 Å². The minimum atomic E-state index is -0.217. The van der Waals surface area contributed by atoms with E-state index < -0.39 is 0 Å². The van der Waals surface area contributed by atoms with E-state index in [2.05, 4.69) is 46.4 Å². The molecule has 0 aromatic heterocycles. The third kappa shape index (κ3) is 4.54. The lowest BCUT2D eigenvalue weighted by Crippen LogP contribution is -2.36. The lowest BCUT2D eigenvalue weighted by molar-refractivity contribution is 0.0951. The first kappa shape index (κ1) is 19.0. The number of aliphatic hydroxyl groups is 1. The molecule has 2 fully saturated rings. The number of nitrogens with one attached hydrogen (secondary N) is 1. The Morgan fingerprint density at radius 1 is 1.14 bits per heavy atom. The fraction of sp³-hybridized carbons (Fsp3) is 0.435. The Morgan fingerprint density at radius 2 is 1.86 bits per heavy atom. The maximum atomic E-state index is 12.2. The molecule has 1 aliphatic carbocycles. The first-order valence-corrected chi connectivity index (χ1v) is 10.2. The van der Waals surface area contributed by atoms with Gasteiger partial charge >= 0.3 is 0 Å². The summed E-state index contributed by atoms with van der Waals surface area (Å²) < 4.78 is 0. The number of aliphatic hydroxyl groups excluding tert-OH is 1. The van der Waals surface area contributed by atoms with Crippen LogP contribution in [0.1, 0.15) is 41.2 Å². The van der Waals surface area contributed by atoms with Crippen LogP contribution in [0.25, 0.3) is 0 Å². The van der Waals surface area contributed by atoms with Gasteiger partial charge in [0, 0.05) is 44.0 Å². The van der Waals surface area contributed by atoms with Gasteiger partial charge in [-0.2, -0.15) is 0 Å². The van der Waals surface area contributed by atoms with E-state index >= 15 is 0 Å². The second-order valence-corrected chi connectivity index (χ2v) is 8.03. The fourth-order valence-corrected chi connectivity index (χ4v) is 3.87. The summed E-state index contributed by atoms with van der Waals surface area (Å²) in [6.07, 6.45) is 2.81. The highest BCUT2D eigenvalue weighted by molar-refractivity contribution is 5.94. The topological polar surface area (TPSA) is 55.8 Å². The molecule has 148 valence electrons. The molecule has 0 unspecified atom stereocenters. The number of hydrogen-bond acceptors (Lipinski definition) is 4. The molecule has 1 amide bonds. The van der Waals surface area contributed by atoms with Gasteiger partial charge in [-0.25, -0.2) is 0 Å². The quantitative estimate of drug-likeness (QED) is 0.777. The lowest BCUT2D eigenvalue weighted by Gasteiger charge is -2.33. The first-order valence-electron chi connectivity index (χ1n) is 10.2. The Balaban J connectivity index is 1.50. The van der Waals surface area contributed by atoms with Crippen molar-refractivity contribution in [1.82, 2.24) is 10.2 Å². The molecule has 2 aliphatic rings.